The average molecular weight is 232 g/mol. The Bertz CT molecular complexity index is 467. The predicted octanol–water partition coefficient (Wildman–Crippen LogP) is 3.24. The number of rotatable bonds is 0. The molecule has 92 valence electrons. The molecule has 0 N–H and O–H groups in total. The van der Waals surface area contributed by atoms with Gasteiger partial charge in [0.15, 0.2) is 0 Å². The second-order valence-corrected chi connectivity index (χ2v) is 6.74. The van der Waals surface area contributed by atoms with E-state index in [9.17, 15) is 4.79 Å². The Kier molecular flexibility index (Phi) is 1.98. The molecule has 2 heteroatoms. The van der Waals surface area contributed by atoms with Crippen LogP contribution in [-0.2, 0) is 9.53 Å². The van der Waals surface area contributed by atoms with E-state index in [1.54, 1.807) is 0 Å². The molecular weight excluding hydrogens is 212 g/mol. The summed E-state index contributed by atoms with van der Waals surface area (Å²) in [5, 5.41) is 0. The fourth-order valence-electron chi connectivity index (χ4n) is 4.06. The molecule has 1 fully saturated rings. The minimum absolute atomic E-state index is 0.0489. The van der Waals surface area contributed by atoms with E-state index in [1.165, 1.54) is 11.1 Å². The van der Waals surface area contributed by atoms with Gasteiger partial charge in [-0.2, -0.15) is 0 Å². The lowest BCUT2D eigenvalue weighted by Crippen LogP contribution is -2.34. The van der Waals surface area contributed by atoms with Crippen molar-refractivity contribution in [2.75, 3.05) is 6.61 Å². The van der Waals surface area contributed by atoms with Crippen LogP contribution in [0.4, 0.5) is 0 Å². The third-order valence-corrected chi connectivity index (χ3v) is 4.61. The van der Waals surface area contributed by atoms with E-state index in [4.69, 9.17) is 4.74 Å². The largest absolute Gasteiger partial charge is 0.461 e. The van der Waals surface area contributed by atoms with Gasteiger partial charge in [-0.3, -0.25) is 0 Å². The van der Waals surface area contributed by atoms with E-state index in [0.717, 1.165) is 18.4 Å². The molecule has 0 spiro atoms. The molecule has 1 saturated carbocycles. The minimum atomic E-state index is -0.0757. The molecule has 0 unspecified atom stereocenters. The lowest BCUT2D eigenvalue weighted by Gasteiger charge is -2.35. The third-order valence-electron chi connectivity index (χ3n) is 4.61. The van der Waals surface area contributed by atoms with E-state index in [-0.39, 0.29) is 16.8 Å². The predicted molar refractivity (Wildman–Crippen MR) is 66.4 cm³/mol. The van der Waals surface area contributed by atoms with Crippen LogP contribution in [0, 0.1) is 16.7 Å². The van der Waals surface area contributed by atoms with Crippen LogP contribution < -0.4 is 0 Å². The Morgan fingerprint density at radius 3 is 2.76 bits per heavy atom. The van der Waals surface area contributed by atoms with Gasteiger partial charge in [0.05, 0.1) is 0 Å². The van der Waals surface area contributed by atoms with Crippen LogP contribution in [0.1, 0.15) is 40.5 Å². The smallest absolute Gasteiger partial charge is 0.334 e. The van der Waals surface area contributed by atoms with Crippen molar-refractivity contribution in [2.45, 2.75) is 40.5 Å². The number of ether oxygens (including phenoxy) is 1. The summed E-state index contributed by atoms with van der Waals surface area (Å²) in [5.41, 5.74) is 3.92. The van der Waals surface area contributed by atoms with Gasteiger partial charge in [-0.25, -0.2) is 4.79 Å². The fourth-order valence-corrected chi connectivity index (χ4v) is 4.06. The first-order chi connectivity index (χ1) is 7.85. The molecule has 0 bridgehead atoms. The van der Waals surface area contributed by atoms with Gasteiger partial charge in [0, 0.05) is 11.0 Å². The zero-order valence-electron chi connectivity index (χ0n) is 11.1. The van der Waals surface area contributed by atoms with Crippen molar-refractivity contribution in [1.29, 1.82) is 0 Å². The number of carbonyl (C=O) groups is 1. The molecule has 3 aliphatic rings. The molecule has 2 atom stereocenters. The summed E-state index contributed by atoms with van der Waals surface area (Å²) < 4.78 is 5.42. The molecule has 0 aromatic carbocycles. The van der Waals surface area contributed by atoms with Gasteiger partial charge in [-0.05, 0) is 35.3 Å². The molecule has 0 aromatic heterocycles. The fraction of sp³-hybridized carbons (Fsp3) is 0.667. The van der Waals surface area contributed by atoms with Gasteiger partial charge in [-0.15, -0.1) is 0 Å². The summed E-state index contributed by atoms with van der Waals surface area (Å²) in [5.74, 6) is 0.239. The highest BCUT2D eigenvalue weighted by atomic mass is 16.5. The zero-order valence-corrected chi connectivity index (χ0v) is 11.1. The Morgan fingerprint density at radius 2 is 2.06 bits per heavy atom. The van der Waals surface area contributed by atoms with Crippen molar-refractivity contribution in [3.63, 3.8) is 0 Å². The topological polar surface area (TPSA) is 26.3 Å². The van der Waals surface area contributed by atoms with Gasteiger partial charge in [-0.1, -0.05) is 33.8 Å². The molecule has 2 nitrogen and oxygen atoms in total. The highest BCUT2D eigenvalue weighted by molar-refractivity contribution is 5.93. The number of allylic oxidation sites excluding steroid dienone is 2. The van der Waals surface area contributed by atoms with E-state index < -0.39 is 0 Å². The van der Waals surface area contributed by atoms with Crippen LogP contribution in [0.25, 0.3) is 0 Å². The van der Waals surface area contributed by atoms with Crippen LogP contribution in [0.3, 0.4) is 0 Å². The van der Waals surface area contributed by atoms with Crippen molar-refractivity contribution in [2.24, 2.45) is 16.7 Å². The Morgan fingerprint density at radius 1 is 1.35 bits per heavy atom. The Hall–Kier alpha value is -1.05. The molecule has 3 rings (SSSR count). The molecule has 0 radical (unpaired) electrons. The number of hydrogen-bond donors (Lipinski definition) is 0. The summed E-state index contributed by atoms with van der Waals surface area (Å²) in [6.45, 7) is 9.50. The number of carbonyl (C=O) groups excluding carboxylic acids is 1. The second kappa shape index (κ2) is 3.04. The minimum Gasteiger partial charge on any atom is -0.461 e. The molecule has 0 aromatic rings. The second-order valence-electron chi connectivity index (χ2n) is 6.74. The summed E-state index contributed by atoms with van der Waals surface area (Å²) in [6, 6.07) is 0. The normalized spacial score (nSPS) is 38.7. The Labute approximate surface area is 103 Å². The SMILES string of the molecule is C[C@H]1CC=C2C3=C1C(=O)OC[C@@]3(C)CC2(C)C. The molecular formula is C15H20O2. The van der Waals surface area contributed by atoms with Gasteiger partial charge in [0.25, 0.3) is 0 Å². The standard InChI is InChI=1S/C15H20O2/c1-9-5-6-10-12-11(9)13(16)17-8-15(12,4)7-14(10,2)3/h6,9H,5,7-8H2,1-4H3/t9-,15+/m0/s1. The van der Waals surface area contributed by atoms with Gasteiger partial charge in [0.2, 0.25) is 0 Å². The van der Waals surface area contributed by atoms with Crippen LogP contribution in [0.15, 0.2) is 22.8 Å². The monoisotopic (exact) mass is 232 g/mol. The van der Waals surface area contributed by atoms with E-state index in [1.807, 2.05) is 0 Å². The first kappa shape index (κ1) is 11.1. The lowest BCUT2D eigenvalue weighted by atomic mass is 9.74. The maximum atomic E-state index is 12.0. The average Bonchev–Trinajstić information content (AvgIpc) is 2.43. The van der Waals surface area contributed by atoms with Crippen LogP contribution in [0.5, 0.6) is 0 Å². The maximum absolute atomic E-state index is 12.0. The summed E-state index contributed by atoms with van der Waals surface area (Å²) >= 11 is 0. The lowest BCUT2D eigenvalue weighted by molar-refractivity contribution is -0.144. The van der Waals surface area contributed by atoms with Crippen molar-refractivity contribution in [1.82, 2.24) is 0 Å². The number of esters is 1. The highest BCUT2D eigenvalue weighted by Gasteiger charge is 2.53. The first-order valence-corrected chi connectivity index (χ1v) is 6.48. The van der Waals surface area contributed by atoms with Crippen LogP contribution in [0.2, 0.25) is 0 Å². The van der Waals surface area contributed by atoms with E-state index >= 15 is 0 Å². The molecule has 1 heterocycles. The zero-order chi connectivity index (χ0) is 12.4. The van der Waals surface area contributed by atoms with Gasteiger partial charge < -0.3 is 4.74 Å². The van der Waals surface area contributed by atoms with E-state index in [2.05, 4.69) is 33.8 Å². The Balaban J connectivity index is 2.27. The van der Waals surface area contributed by atoms with Crippen molar-refractivity contribution >= 4 is 5.97 Å². The van der Waals surface area contributed by atoms with Gasteiger partial charge in [0.1, 0.15) is 6.61 Å². The summed E-state index contributed by atoms with van der Waals surface area (Å²) in [4.78, 5) is 12.0. The molecule has 2 aliphatic carbocycles. The van der Waals surface area contributed by atoms with Crippen molar-refractivity contribution in [3.05, 3.63) is 22.8 Å². The maximum Gasteiger partial charge on any atom is 0.334 e. The summed E-state index contributed by atoms with van der Waals surface area (Å²) in [7, 11) is 0. The number of cyclic esters (lactones) is 1. The highest BCUT2D eigenvalue weighted by Crippen LogP contribution is 2.61. The van der Waals surface area contributed by atoms with Crippen molar-refractivity contribution in [3.8, 4) is 0 Å². The number of hydrogen-bond acceptors (Lipinski definition) is 2. The van der Waals surface area contributed by atoms with Crippen LogP contribution >= 0.6 is 0 Å². The van der Waals surface area contributed by atoms with Gasteiger partial charge >= 0.3 is 5.97 Å². The molecule has 17 heavy (non-hydrogen) atoms. The quantitative estimate of drug-likeness (QED) is 0.599. The molecule has 0 saturated heterocycles. The van der Waals surface area contributed by atoms with E-state index in [0.29, 0.717) is 12.5 Å². The summed E-state index contributed by atoms with van der Waals surface area (Å²) in [6.07, 6.45) is 4.42. The third kappa shape index (κ3) is 1.30. The van der Waals surface area contributed by atoms with Crippen molar-refractivity contribution < 1.29 is 9.53 Å². The van der Waals surface area contributed by atoms with Crippen LogP contribution in [-0.4, -0.2) is 12.6 Å². The first-order valence-electron chi connectivity index (χ1n) is 6.48. The molecule has 0 amide bonds. The molecule has 1 aliphatic heterocycles.